The van der Waals surface area contributed by atoms with Crippen LogP contribution in [0.25, 0.3) is 6.08 Å². The molecule has 118 valence electrons. The van der Waals surface area contributed by atoms with Crippen LogP contribution in [0.4, 0.5) is 5.69 Å². The van der Waals surface area contributed by atoms with E-state index in [4.69, 9.17) is 4.74 Å². The van der Waals surface area contributed by atoms with E-state index in [-0.39, 0.29) is 5.91 Å². The summed E-state index contributed by atoms with van der Waals surface area (Å²) >= 11 is 4.93. The van der Waals surface area contributed by atoms with Crippen LogP contribution in [0.2, 0.25) is 0 Å². The minimum absolute atomic E-state index is 0.227. The van der Waals surface area contributed by atoms with Crippen LogP contribution in [0, 0.1) is 0 Å². The van der Waals surface area contributed by atoms with E-state index in [1.165, 1.54) is 29.4 Å². The highest BCUT2D eigenvalue weighted by Crippen LogP contribution is 2.33. The van der Waals surface area contributed by atoms with Crippen LogP contribution in [0.15, 0.2) is 46.3 Å². The average molecular weight is 392 g/mol. The highest BCUT2D eigenvalue weighted by Gasteiger charge is 2.38. The van der Waals surface area contributed by atoms with E-state index in [2.05, 4.69) is 15.9 Å². The van der Waals surface area contributed by atoms with E-state index in [0.717, 1.165) is 19.9 Å². The summed E-state index contributed by atoms with van der Waals surface area (Å²) in [6.45, 7) is 0. The summed E-state index contributed by atoms with van der Waals surface area (Å²) in [4.78, 5) is 27.2. The molecular weight excluding hydrogens is 378 g/mol. The van der Waals surface area contributed by atoms with Gasteiger partial charge in [-0.15, -0.1) is 11.3 Å². The predicted octanol–water partition coefficient (Wildman–Crippen LogP) is 3.65. The van der Waals surface area contributed by atoms with E-state index in [0.29, 0.717) is 6.42 Å². The van der Waals surface area contributed by atoms with E-state index in [9.17, 15) is 9.59 Å². The topological polar surface area (TPSA) is 46.6 Å². The molecule has 0 radical (unpaired) electrons. The number of benzene rings is 1. The number of hydrogen-bond acceptors (Lipinski definition) is 4. The Hall–Kier alpha value is -1.92. The molecule has 6 heteroatoms. The highest BCUT2D eigenvalue weighted by molar-refractivity contribution is 9.11. The van der Waals surface area contributed by atoms with Crippen molar-refractivity contribution in [2.75, 3.05) is 12.0 Å². The normalized spacial score (nSPS) is 16.6. The number of esters is 1. The van der Waals surface area contributed by atoms with Crippen molar-refractivity contribution in [2.45, 2.75) is 12.5 Å². The third-order valence-electron chi connectivity index (χ3n) is 3.67. The molecule has 1 aliphatic rings. The summed E-state index contributed by atoms with van der Waals surface area (Å²) in [6.07, 6.45) is 3.73. The van der Waals surface area contributed by atoms with Gasteiger partial charge in [-0.1, -0.05) is 18.2 Å². The second-order valence-corrected chi connectivity index (χ2v) is 7.55. The van der Waals surface area contributed by atoms with E-state index in [1.807, 2.05) is 36.4 Å². The van der Waals surface area contributed by atoms with Gasteiger partial charge in [0.05, 0.1) is 10.9 Å². The SMILES string of the molecule is COC(=O)C1Cc2ccccc2N1C(=O)/C=C/c1ccc(Br)s1. The Kier molecular flexibility index (Phi) is 4.63. The number of carbonyl (C=O) groups is 2. The Balaban J connectivity index is 1.89. The van der Waals surface area contributed by atoms with Gasteiger partial charge < -0.3 is 4.74 Å². The second-order valence-electron chi connectivity index (χ2n) is 5.06. The van der Waals surface area contributed by atoms with Gasteiger partial charge in [-0.2, -0.15) is 0 Å². The predicted molar refractivity (Wildman–Crippen MR) is 94.5 cm³/mol. The standard InChI is InChI=1S/C17H14BrNO3S/c1-22-17(21)14-10-11-4-2-3-5-13(11)19(14)16(20)9-7-12-6-8-15(18)23-12/h2-9,14H,10H2,1H3/b9-7+. The quantitative estimate of drug-likeness (QED) is 0.592. The molecule has 2 aromatic rings. The van der Waals surface area contributed by atoms with Crippen LogP contribution in [-0.4, -0.2) is 25.0 Å². The molecule has 0 spiro atoms. The summed E-state index contributed by atoms with van der Waals surface area (Å²) in [5, 5.41) is 0. The Morgan fingerprint density at radius 1 is 1.30 bits per heavy atom. The smallest absolute Gasteiger partial charge is 0.329 e. The first kappa shape index (κ1) is 16.0. The van der Waals surface area contributed by atoms with E-state index < -0.39 is 12.0 Å². The van der Waals surface area contributed by atoms with Gasteiger partial charge in [0.25, 0.3) is 5.91 Å². The minimum Gasteiger partial charge on any atom is -0.467 e. The molecule has 1 aromatic heterocycles. The van der Waals surface area contributed by atoms with Crippen LogP contribution in [-0.2, 0) is 20.7 Å². The number of carbonyl (C=O) groups excluding carboxylic acids is 2. The van der Waals surface area contributed by atoms with E-state index >= 15 is 0 Å². The number of para-hydroxylation sites is 1. The first-order valence-corrected chi connectivity index (χ1v) is 8.63. The minimum atomic E-state index is -0.607. The third kappa shape index (κ3) is 3.23. The van der Waals surface area contributed by atoms with Gasteiger partial charge in [-0.05, 0) is 45.8 Å². The Morgan fingerprint density at radius 2 is 2.09 bits per heavy atom. The van der Waals surface area contributed by atoms with Crippen molar-refractivity contribution in [2.24, 2.45) is 0 Å². The maximum atomic E-state index is 12.6. The Morgan fingerprint density at radius 3 is 2.78 bits per heavy atom. The van der Waals surface area contributed by atoms with Crippen LogP contribution in [0.5, 0.6) is 0 Å². The van der Waals surface area contributed by atoms with Gasteiger partial charge in [-0.25, -0.2) is 4.79 Å². The molecule has 2 heterocycles. The van der Waals surface area contributed by atoms with Crippen molar-refractivity contribution in [1.29, 1.82) is 0 Å². The largest absolute Gasteiger partial charge is 0.467 e. The fraction of sp³-hybridized carbons (Fsp3) is 0.176. The van der Waals surface area contributed by atoms with Crippen molar-refractivity contribution >= 4 is 50.9 Å². The molecule has 0 fully saturated rings. The maximum absolute atomic E-state index is 12.6. The van der Waals surface area contributed by atoms with Crippen LogP contribution in [0.1, 0.15) is 10.4 Å². The molecule has 0 N–H and O–H groups in total. The lowest BCUT2D eigenvalue weighted by atomic mass is 10.1. The maximum Gasteiger partial charge on any atom is 0.329 e. The summed E-state index contributed by atoms with van der Waals surface area (Å²) in [5.74, 6) is -0.628. The molecule has 3 rings (SSSR count). The molecule has 1 aliphatic heterocycles. The lowest BCUT2D eigenvalue weighted by molar-refractivity contribution is -0.143. The van der Waals surface area contributed by atoms with Gasteiger partial charge in [0.15, 0.2) is 0 Å². The van der Waals surface area contributed by atoms with Crippen LogP contribution in [0.3, 0.4) is 0 Å². The fourth-order valence-electron chi connectivity index (χ4n) is 2.63. The molecule has 4 nitrogen and oxygen atoms in total. The number of fused-ring (bicyclic) bond motifs is 1. The summed E-state index contributed by atoms with van der Waals surface area (Å²) in [7, 11) is 1.34. The van der Waals surface area contributed by atoms with Gasteiger partial charge in [-0.3, -0.25) is 9.69 Å². The summed E-state index contributed by atoms with van der Waals surface area (Å²) in [6, 6.07) is 10.8. The molecule has 0 aliphatic carbocycles. The number of nitrogens with zero attached hydrogens (tertiary/aromatic N) is 1. The molecule has 23 heavy (non-hydrogen) atoms. The van der Waals surface area contributed by atoms with Crippen molar-refractivity contribution < 1.29 is 14.3 Å². The number of thiophene rings is 1. The first-order valence-electron chi connectivity index (χ1n) is 7.02. The molecule has 1 amide bonds. The number of halogens is 1. The lowest BCUT2D eigenvalue weighted by Crippen LogP contribution is -2.42. The second kappa shape index (κ2) is 6.68. The molecular formula is C17H14BrNO3S. The van der Waals surface area contributed by atoms with Crippen LogP contribution < -0.4 is 4.90 Å². The fourth-order valence-corrected chi connectivity index (χ4v) is 3.96. The molecule has 0 saturated carbocycles. The highest BCUT2D eigenvalue weighted by atomic mass is 79.9. The van der Waals surface area contributed by atoms with Gasteiger partial charge in [0.1, 0.15) is 6.04 Å². The zero-order valence-corrected chi connectivity index (χ0v) is 14.8. The molecule has 0 saturated heterocycles. The molecule has 0 bridgehead atoms. The van der Waals surface area contributed by atoms with Crippen LogP contribution >= 0.6 is 27.3 Å². The molecule has 1 aromatic carbocycles. The third-order valence-corrected chi connectivity index (χ3v) is 5.26. The lowest BCUT2D eigenvalue weighted by Gasteiger charge is -2.22. The molecule has 1 atom stereocenters. The number of methoxy groups -OCH3 is 1. The Bertz CT molecular complexity index is 784. The van der Waals surface area contributed by atoms with Gasteiger partial charge >= 0.3 is 5.97 Å². The number of ether oxygens (including phenoxy) is 1. The number of hydrogen-bond donors (Lipinski definition) is 0. The summed E-state index contributed by atoms with van der Waals surface area (Å²) in [5.41, 5.74) is 1.74. The average Bonchev–Trinajstić information content (AvgIpc) is 3.15. The number of amides is 1. The number of anilines is 1. The van der Waals surface area contributed by atoms with Gasteiger partial charge in [0.2, 0.25) is 0 Å². The molecule has 1 unspecified atom stereocenters. The van der Waals surface area contributed by atoms with Crippen molar-refractivity contribution in [3.8, 4) is 0 Å². The van der Waals surface area contributed by atoms with E-state index in [1.54, 1.807) is 6.08 Å². The zero-order chi connectivity index (χ0) is 16.4. The monoisotopic (exact) mass is 391 g/mol. The summed E-state index contributed by atoms with van der Waals surface area (Å²) < 4.78 is 5.85. The number of rotatable bonds is 3. The van der Waals surface area contributed by atoms with Crippen molar-refractivity contribution in [3.63, 3.8) is 0 Å². The Labute approximate surface area is 146 Å². The zero-order valence-electron chi connectivity index (χ0n) is 12.4. The first-order chi connectivity index (χ1) is 11.1. The van der Waals surface area contributed by atoms with Gasteiger partial charge in [0, 0.05) is 23.1 Å². The van der Waals surface area contributed by atoms with Crippen molar-refractivity contribution in [3.05, 3.63) is 56.7 Å². The van der Waals surface area contributed by atoms with Crippen molar-refractivity contribution in [1.82, 2.24) is 0 Å².